The highest BCUT2D eigenvalue weighted by atomic mass is 19.4. The number of nitrogens with zero attached hydrogens (tertiary/aromatic N) is 1. The summed E-state index contributed by atoms with van der Waals surface area (Å²) in [4.78, 5) is 4.79. The van der Waals surface area contributed by atoms with Crippen LogP contribution in [-0.4, -0.2) is 35.7 Å². The fourth-order valence-electron chi connectivity index (χ4n) is 3.94. The fraction of sp³-hybridized carbons (Fsp3) is 0.524. The van der Waals surface area contributed by atoms with Gasteiger partial charge in [0.15, 0.2) is 0 Å². The third-order valence-corrected chi connectivity index (χ3v) is 5.28. The first-order valence-corrected chi connectivity index (χ1v) is 9.62. The van der Waals surface area contributed by atoms with Gasteiger partial charge in [-0.25, -0.2) is 0 Å². The summed E-state index contributed by atoms with van der Waals surface area (Å²) in [5.41, 5.74) is 4.33. The van der Waals surface area contributed by atoms with Gasteiger partial charge in [-0.05, 0) is 69.3 Å². The molecule has 1 fully saturated rings. The molecule has 0 atom stereocenters. The lowest BCUT2D eigenvalue weighted by Crippen LogP contribution is -2.40. The third kappa shape index (κ3) is 5.76. The molecule has 3 nitrogen and oxygen atoms in total. The summed E-state index contributed by atoms with van der Waals surface area (Å²) in [6, 6.07) is 6.46. The van der Waals surface area contributed by atoms with Gasteiger partial charge in [-0.3, -0.25) is 4.90 Å². The largest absolute Gasteiger partial charge is 0.401 e. The summed E-state index contributed by atoms with van der Waals surface area (Å²) in [5, 5.41) is 4.44. The molecule has 0 bridgehead atoms. The zero-order chi connectivity index (χ0) is 19.4. The molecule has 0 unspecified atom stereocenters. The Morgan fingerprint density at radius 1 is 1.30 bits per heavy atom. The number of allylic oxidation sites excluding steroid dienone is 1. The van der Waals surface area contributed by atoms with E-state index in [4.69, 9.17) is 0 Å². The number of likely N-dealkylation sites (tertiary alicyclic amines) is 1. The van der Waals surface area contributed by atoms with Crippen LogP contribution in [0.2, 0.25) is 0 Å². The maximum absolute atomic E-state index is 12.5. The van der Waals surface area contributed by atoms with Crippen molar-refractivity contribution in [3.8, 4) is 0 Å². The zero-order valence-electron chi connectivity index (χ0n) is 15.8. The molecule has 1 aromatic carbocycles. The summed E-state index contributed by atoms with van der Waals surface area (Å²) < 4.78 is 37.4. The number of anilines is 1. The van der Waals surface area contributed by atoms with Crippen molar-refractivity contribution in [2.75, 3.05) is 25.0 Å². The van der Waals surface area contributed by atoms with E-state index in [1.54, 1.807) is 0 Å². The Labute approximate surface area is 158 Å². The van der Waals surface area contributed by atoms with Gasteiger partial charge in [0.25, 0.3) is 0 Å². The van der Waals surface area contributed by atoms with Gasteiger partial charge in [0.2, 0.25) is 0 Å². The van der Waals surface area contributed by atoms with Gasteiger partial charge in [-0.15, -0.1) is 0 Å². The SMILES string of the molecule is C=C(C)Nc1c[nH]c2ccc(CCCC3CCN(CC(F)(F)F)CC3)cc12. The second-order valence-electron chi connectivity index (χ2n) is 7.71. The molecule has 148 valence electrons. The van der Waals surface area contributed by atoms with Crippen molar-refractivity contribution in [3.05, 3.63) is 42.2 Å². The van der Waals surface area contributed by atoms with Crippen molar-refractivity contribution in [3.63, 3.8) is 0 Å². The number of hydrogen-bond donors (Lipinski definition) is 2. The summed E-state index contributed by atoms with van der Waals surface area (Å²) >= 11 is 0. The van der Waals surface area contributed by atoms with E-state index >= 15 is 0 Å². The summed E-state index contributed by atoms with van der Waals surface area (Å²) in [6.45, 7) is 6.19. The van der Waals surface area contributed by atoms with Crippen LogP contribution in [0.1, 0.15) is 38.2 Å². The highest BCUT2D eigenvalue weighted by molar-refractivity contribution is 5.93. The quantitative estimate of drug-likeness (QED) is 0.645. The Bertz CT molecular complexity index is 771. The molecular formula is C21H28F3N3. The van der Waals surface area contributed by atoms with Crippen molar-refractivity contribution in [1.82, 2.24) is 9.88 Å². The number of halogens is 3. The van der Waals surface area contributed by atoms with Crippen LogP contribution in [0, 0.1) is 5.92 Å². The molecule has 0 amide bonds. The second kappa shape index (κ2) is 8.38. The van der Waals surface area contributed by atoms with E-state index in [9.17, 15) is 13.2 Å². The molecule has 0 spiro atoms. The first-order valence-electron chi connectivity index (χ1n) is 9.62. The molecule has 0 aliphatic carbocycles. The maximum Gasteiger partial charge on any atom is 0.401 e. The Balaban J connectivity index is 1.47. The molecule has 1 aliphatic rings. The molecule has 0 radical (unpaired) electrons. The lowest BCUT2D eigenvalue weighted by molar-refractivity contribution is -0.148. The number of aromatic amines is 1. The predicted octanol–water partition coefficient (Wildman–Crippen LogP) is 5.71. The number of piperidine rings is 1. The molecular weight excluding hydrogens is 351 g/mol. The number of rotatable bonds is 7. The minimum Gasteiger partial charge on any atom is -0.359 e. The maximum atomic E-state index is 12.5. The van der Waals surface area contributed by atoms with Crippen LogP contribution >= 0.6 is 0 Å². The summed E-state index contributed by atoms with van der Waals surface area (Å²) in [5.74, 6) is 0.547. The number of nitrogens with one attached hydrogen (secondary N) is 2. The van der Waals surface area contributed by atoms with Crippen molar-refractivity contribution in [2.45, 2.75) is 45.2 Å². The highest BCUT2D eigenvalue weighted by Crippen LogP contribution is 2.28. The molecule has 1 aromatic heterocycles. The van der Waals surface area contributed by atoms with Crippen LogP contribution in [-0.2, 0) is 6.42 Å². The average Bonchev–Trinajstić information content (AvgIpc) is 2.97. The molecule has 1 aliphatic heterocycles. The van der Waals surface area contributed by atoms with Crippen molar-refractivity contribution >= 4 is 16.6 Å². The topological polar surface area (TPSA) is 31.1 Å². The van der Waals surface area contributed by atoms with E-state index in [1.807, 2.05) is 13.1 Å². The van der Waals surface area contributed by atoms with E-state index in [1.165, 1.54) is 10.5 Å². The van der Waals surface area contributed by atoms with Gasteiger partial charge in [0.05, 0.1) is 12.2 Å². The normalized spacial score (nSPS) is 16.7. The van der Waals surface area contributed by atoms with Gasteiger partial charge in [0, 0.05) is 22.8 Å². The number of aryl methyl sites for hydroxylation is 1. The first-order chi connectivity index (χ1) is 12.8. The average molecular weight is 379 g/mol. The first kappa shape index (κ1) is 19.8. The lowest BCUT2D eigenvalue weighted by Gasteiger charge is -2.32. The Kier molecular flexibility index (Phi) is 6.15. The van der Waals surface area contributed by atoms with Crippen LogP contribution in [0.3, 0.4) is 0 Å². The highest BCUT2D eigenvalue weighted by Gasteiger charge is 2.32. The van der Waals surface area contributed by atoms with Gasteiger partial charge in [-0.2, -0.15) is 13.2 Å². The number of hydrogen-bond acceptors (Lipinski definition) is 2. The van der Waals surface area contributed by atoms with Gasteiger partial charge in [-0.1, -0.05) is 19.1 Å². The number of aromatic nitrogens is 1. The molecule has 2 N–H and O–H groups in total. The monoisotopic (exact) mass is 379 g/mol. The zero-order valence-corrected chi connectivity index (χ0v) is 15.8. The summed E-state index contributed by atoms with van der Waals surface area (Å²) in [7, 11) is 0. The smallest absolute Gasteiger partial charge is 0.359 e. The van der Waals surface area contributed by atoms with E-state index < -0.39 is 12.7 Å². The standard InChI is InChI=1S/C21H28F3N3/c1-15(2)26-20-13-25-19-7-6-17(12-18(19)20)5-3-4-16-8-10-27(11-9-16)14-21(22,23)24/h6-7,12-13,16,25-26H,1,3-5,8-11,14H2,2H3. The van der Waals surface area contributed by atoms with Gasteiger partial charge < -0.3 is 10.3 Å². The molecule has 2 aromatic rings. The molecule has 2 heterocycles. The number of fused-ring (bicyclic) bond motifs is 1. The molecule has 6 heteroatoms. The van der Waals surface area contributed by atoms with Crippen LogP contribution in [0.25, 0.3) is 10.9 Å². The lowest BCUT2D eigenvalue weighted by atomic mass is 9.90. The molecule has 27 heavy (non-hydrogen) atoms. The van der Waals surface area contributed by atoms with Crippen LogP contribution in [0.5, 0.6) is 0 Å². The van der Waals surface area contributed by atoms with E-state index in [2.05, 4.69) is 35.1 Å². The van der Waals surface area contributed by atoms with Crippen LogP contribution < -0.4 is 5.32 Å². The Morgan fingerprint density at radius 2 is 2.04 bits per heavy atom. The second-order valence-corrected chi connectivity index (χ2v) is 7.71. The fourth-order valence-corrected chi connectivity index (χ4v) is 3.94. The van der Waals surface area contributed by atoms with E-state index in [0.29, 0.717) is 19.0 Å². The van der Waals surface area contributed by atoms with E-state index in [-0.39, 0.29) is 0 Å². The van der Waals surface area contributed by atoms with Crippen LogP contribution in [0.4, 0.5) is 18.9 Å². The molecule has 1 saturated heterocycles. The molecule has 3 rings (SSSR count). The third-order valence-electron chi connectivity index (χ3n) is 5.28. The van der Waals surface area contributed by atoms with Crippen molar-refractivity contribution in [1.29, 1.82) is 0 Å². The minimum atomic E-state index is -4.08. The minimum absolute atomic E-state index is 0.547. The van der Waals surface area contributed by atoms with Crippen molar-refractivity contribution in [2.24, 2.45) is 5.92 Å². The Hall–Kier alpha value is -1.95. The Morgan fingerprint density at radius 3 is 2.70 bits per heavy atom. The van der Waals surface area contributed by atoms with Crippen LogP contribution in [0.15, 0.2) is 36.7 Å². The van der Waals surface area contributed by atoms with Gasteiger partial charge >= 0.3 is 6.18 Å². The number of alkyl halides is 3. The number of benzene rings is 1. The predicted molar refractivity (Wildman–Crippen MR) is 105 cm³/mol. The number of H-pyrrole nitrogens is 1. The van der Waals surface area contributed by atoms with E-state index in [0.717, 1.165) is 54.4 Å². The van der Waals surface area contributed by atoms with Gasteiger partial charge in [0.1, 0.15) is 0 Å². The molecule has 0 saturated carbocycles. The summed E-state index contributed by atoms with van der Waals surface area (Å²) in [6.07, 6.45) is 2.78. The van der Waals surface area contributed by atoms with Crippen molar-refractivity contribution < 1.29 is 13.2 Å².